The summed E-state index contributed by atoms with van der Waals surface area (Å²) in [6.45, 7) is 1.49. The Hall–Kier alpha value is -2.44. The van der Waals surface area contributed by atoms with E-state index >= 15 is 0 Å². The van der Waals surface area contributed by atoms with Gasteiger partial charge in [-0.1, -0.05) is 30.3 Å². The van der Waals surface area contributed by atoms with Crippen molar-refractivity contribution in [3.63, 3.8) is 0 Å². The molecule has 146 valence electrons. The predicted octanol–water partition coefficient (Wildman–Crippen LogP) is 3.34. The lowest BCUT2D eigenvalue weighted by atomic mass is 10.1. The van der Waals surface area contributed by atoms with Gasteiger partial charge >= 0.3 is 0 Å². The third kappa shape index (κ3) is 3.75. The van der Waals surface area contributed by atoms with Crippen LogP contribution in [0.4, 0.5) is 0 Å². The monoisotopic (exact) mass is 378 g/mol. The molecule has 2 aliphatic rings. The molecule has 2 N–H and O–H groups in total. The first-order valence-corrected chi connectivity index (χ1v) is 10.2. The molecule has 2 aliphatic carbocycles. The molecule has 0 spiro atoms. The van der Waals surface area contributed by atoms with Gasteiger partial charge in [0, 0.05) is 36.5 Å². The molecule has 2 saturated carbocycles. The van der Waals surface area contributed by atoms with Crippen molar-refractivity contribution >= 4 is 0 Å². The van der Waals surface area contributed by atoms with Crippen LogP contribution in [-0.4, -0.2) is 31.8 Å². The SMILES string of the molecule is O[C@@H]1CC(Cn2ccnc2-c2ccccc2)C[C@H]1NCc1cnc(C2CC2)o1. The van der Waals surface area contributed by atoms with Crippen molar-refractivity contribution in [3.05, 3.63) is 60.6 Å². The van der Waals surface area contributed by atoms with Crippen LogP contribution in [0, 0.1) is 5.92 Å². The number of benzene rings is 1. The van der Waals surface area contributed by atoms with Gasteiger partial charge in [0.2, 0.25) is 0 Å². The highest BCUT2D eigenvalue weighted by atomic mass is 16.4. The number of aromatic nitrogens is 3. The van der Waals surface area contributed by atoms with E-state index in [0.29, 0.717) is 18.4 Å². The van der Waals surface area contributed by atoms with E-state index in [9.17, 15) is 5.11 Å². The standard InChI is InChI=1S/C22H26N4O2/c27-20-11-15(14-26-9-8-23-21(26)16-4-2-1-3-5-16)10-19(20)24-12-18-13-25-22(28-18)17-6-7-17/h1-5,8-9,13,15,17,19-20,24,27H,6-7,10-12,14H2/t15?,19-,20-/m1/s1. The fourth-order valence-corrected chi connectivity index (χ4v) is 4.22. The van der Waals surface area contributed by atoms with Crippen LogP contribution in [-0.2, 0) is 13.1 Å². The minimum Gasteiger partial charge on any atom is -0.444 e. The van der Waals surface area contributed by atoms with Gasteiger partial charge in [-0.25, -0.2) is 9.97 Å². The van der Waals surface area contributed by atoms with Gasteiger partial charge in [0.1, 0.15) is 11.6 Å². The maximum atomic E-state index is 10.5. The van der Waals surface area contributed by atoms with E-state index in [0.717, 1.165) is 42.4 Å². The maximum absolute atomic E-state index is 10.5. The Morgan fingerprint density at radius 2 is 2.00 bits per heavy atom. The predicted molar refractivity (Wildman–Crippen MR) is 105 cm³/mol. The van der Waals surface area contributed by atoms with Crippen LogP contribution in [0.15, 0.2) is 53.3 Å². The molecule has 0 bridgehead atoms. The van der Waals surface area contributed by atoms with Crippen LogP contribution < -0.4 is 5.32 Å². The number of imidazole rings is 1. The Morgan fingerprint density at radius 1 is 1.14 bits per heavy atom. The van der Waals surface area contributed by atoms with Crippen LogP contribution in [0.5, 0.6) is 0 Å². The van der Waals surface area contributed by atoms with Crippen molar-refractivity contribution in [3.8, 4) is 11.4 Å². The van der Waals surface area contributed by atoms with Gasteiger partial charge < -0.3 is 19.4 Å². The van der Waals surface area contributed by atoms with Crippen LogP contribution >= 0.6 is 0 Å². The molecule has 1 aromatic carbocycles. The summed E-state index contributed by atoms with van der Waals surface area (Å²) in [4.78, 5) is 8.90. The fraction of sp³-hybridized carbons (Fsp3) is 0.455. The quantitative estimate of drug-likeness (QED) is 0.659. The van der Waals surface area contributed by atoms with Gasteiger partial charge in [-0.15, -0.1) is 0 Å². The zero-order chi connectivity index (χ0) is 18.9. The molecule has 3 atom stereocenters. The second kappa shape index (κ2) is 7.53. The topological polar surface area (TPSA) is 76.1 Å². The highest BCUT2D eigenvalue weighted by Crippen LogP contribution is 2.39. The molecule has 0 aliphatic heterocycles. The normalized spacial score (nSPS) is 24.7. The minimum absolute atomic E-state index is 0.0863. The van der Waals surface area contributed by atoms with Crippen molar-refractivity contribution in [2.24, 2.45) is 5.92 Å². The first-order valence-electron chi connectivity index (χ1n) is 10.2. The molecule has 6 nitrogen and oxygen atoms in total. The van der Waals surface area contributed by atoms with Crippen molar-refractivity contribution in [2.75, 3.05) is 0 Å². The van der Waals surface area contributed by atoms with Crippen molar-refractivity contribution in [1.82, 2.24) is 19.9 Å². The van der Waals surface area contributed by atoms with E-state index in [1.54, 1.807) is 0 Å². The van der Waals surface area contributed by atoms with E-state index in [1.165, 1.54) is 12.8 Å². The van der Waals surface area contributed by atoms with Crippen LogP contribution in [0.3, 0.4) is 0 Å². The second-order valence-corrected chi connectivity index (χ2v) is 8.10. The number of aliphatic hydroxyl groups is 1. The molecule has 3 aromatic rings. The average Bonchev–Trinajstić information content (AvgIpc) is 3.12. The molecule has 2 aromatic heterocycles. The summed E-state index contributed by atoms with van der Waals surface area (Å²) in [5, 5.41) is 14.0. The average molecular weight is 378 g/mol. The molecule has 6 heteroatoms. The third-order valence-electron chi connectivity index (χ3n) is 5.87. The van der Waals surface area contributed by atoms with Gasteiger partial charge in [0.15, 0.2) is 5.89 Å². The number of oxazole rings is 1. The lowest BCUT2D eigenvalue weighted by molar-refractivity contribution is 0.144. The number of hydrogen-bond acceptors (Lipinski definition) is 5. The number of nitrogens with zero attached hydrogens (tertiary/aromatic N) is 3. The number of aliphatic hydroxyl groups excluding tert-OH is 1. The molecule has 0 radical (unpaired) electrons. The van der Waals surface area contributed by atoms with Crippen LogP contribution in [0.25, 0.3) is 11.4 Å². The third-order valence-corrected chi connectivity index (χ3v) is 5.87. The summed E-state index contributed by atoms with van der Waals surface area (Å²) in [6.07, 6.45) is 9.49. The number of nitrogens with one attached hydrogen (secondary N) is 1. The van der Waals surface area contributed by atoms with Gasteiger partial charge in [-0.3, -0.25) is 0 Å². The van der Waals surface area contributed by atoms with E-state index < -0.39 is 0 Å². The van der Waals surface area contributed by atoms with Crippen molar-refractivity contribution < 1.29 is 9.52 Å². The zero-order valence-corrected chi connectivity index (χ0v) is 15.9. The summed E-state index contributed by atoms with van der Waals surface area (Å²) in [5.41, 5.74) is 1.12. The summed E-state index contributed by atoms with van der Waals surface area (Å²) < 4.78 is 8.01. The van der Waals surface area contributed by atoms with Gasteiger partial charge in [-0.2, -0.15) is 0 Å². The van der Waals surface area contributed by atoms with Crippen LogP contribution in [0.2, 0.25) is 0 Å². The molecular formula is C22H26N4O2. The Balaban J connectivity index is 1.19. The first kappa shape index (κ1) is 17.6. The molecular weight excluding hydrogens is 352 g/mol. The molecule has 2 fully saturated rings. The molecule has 28 heavy (non-hydrogen) atoms. The highest BCUT2D eigenvalue weighted by molar-refractivity contribution is 5.55. The molecule has 0 amide bonds. The van der Waals surface area contributed by atoms with Crippen molar-refractivity contribution in [2.45, 2.75) is 56.8 Å². The fourth-order valence-electron chi connectivity index (χ4n) is 4.22. The number of hydrogen-bond donors (Lipinski definition) is 2. The van der Waals surface area contributed by atoms with Gasteiger partial charge in [0.25, 0.3) is 0 Å². The molecule has 1 unspecified atom stereocenters. The van der Waals surface area contributed by atoms with Crippen LogP contribution in [0.1, 0.15) is 43.3 Å². The summed E-state index contributed by atoms with van der Waals surface area (Å²) in [6, 6.07) is 10.3. The van der Waals surface area contributed by atoms with E-state index in [1.807, 2.05) is 36.8 Å². The van der Waals surface area contributed by atoms with E-state index in [2.05, 4.69) is 32.0 Å². The Labute approximate surface area is 164 Å². The second-order valence-electron chi connectivity index (χ2n) is 8.10. The van der Waals surface area contributed by atoms with Crippen molar-refractivity contribution in [1.29, 1.82) is 0 Å². The lowest BCUT2D eigenvalue weighted by Gasteiger charge is -2.15. The Kier molecular flexibility index (Phi) is 4.74. The summed E-state index contributed by atoms with van der Waals surface area (Å²) in [5.74, 6) is 3.67. The van der Waals surface area contributed by atoms with E-state index in [4.69, 9.17) is 4.42 Å². The molecule has 0 saturated heterocycles. The zero-order valence-electron chi connectivity index (χ0n) is 15.9. The molecule has 2 heterocycles. The number of rotatable bonds is 7. The smallest absolute Gasteiger partial charge is 0.197 e. The summed E-state index contributed by atoms with van der Waals surface area (Å²) in [7, 11) is 0. The first-order chi connectivity index (χ1) is 13.8. The maximum Gasteiger partial charge on any atom is 0.197 e. The minimum atomic E-state index is -0.334. The van der Waals surface area contributed by atoms with Gasteiger partial charge in [0.05, 0.1) is 18.8 Å². The molecule has 5 rings (SSSR count). The Morgan fingerprint density at radius 3 is 2.82 bits per heavy atom. The highest BCUT2D eigenvalue weighted by Gasteiger charge is 2.33. The Bertz CT molecular complexity index is 916. The summed E-state index contributed by atoms with van der Waals surface area (Å²) >= 11 is 0. The van der Waals surface area contributed by atoms with Gasteiger partial charge in [-0.05, 0) is 31.6 Å². The largest absolute Gasteiger partial charge is 0.444 e. The lowest BCUT2D eigenvalue weighted by Crippen LogP contribution is -2.35. The van der Waals surface area contributed by atoms with E-state index in [-0.39, 0.29) is 12.1 Å².